The van der Waals surface area contributed by atoms with Crippen LogP contribution < -0.4 is 16.0 Å². The van der Waals surface area contributed by atoms with Crippen LogP contribution >= 0.6 is 0 Å². The van der Waals surface area contributed by atoms with Gasteiger partial charge < -0.3 is 9.47 Å². The van der Waals surface area contributed by atoms with Crippen molar-refractivity contribution >= 4 is 16.9 Å². The minimum absolute atomic E-state index is 0.329. The highest BCUT2D eigenvalue weighted by Gasteiger charge is 2.29. The molecule has 7 heteroatoms. The molecule has 3 aromatic rings. The lowest BCUT2D eigenvalue weighted by Gasteiger charge is -2.26. The molecular formula is C23H26N2O5. The summed E-state index contributed by atoms with van der Waals surface area (Å²) in [5.41, 5.74) is -1.01. The number of fused-ring (bicyclic) bond motifs is 1. The molecule has 0 saturated carbocycles. The van der Waals surface area contributed by atoms with Gasteiger partial charge in [-0.1, -0.05) is 25.1 Å². The maximum Gasteiger partial charge on any atom is 0.336 e. The van der Waals surface area contributed by atoms with E-state index in [0.29, 0.717) is 28.8 Å². The first kappa shape index (κ1) is 21.4. The van der Waals surface area contributed by atoms with Crippen LogP contribution in [-0.4, -0.2) is 27.8 Å². The van der Waals surface area contributed by atoms with Gasteiger partial charge in [0.1, 0.15) is 17.4 Å². The topological polar surface area (TPSA) is 79.5 Å². The Kier molecular flexibility index (Phi) is 5.82. The zero-order valence-corrected chi connectivity index (χ0v) is 17.8. The third-order valence-corrected chi connectivity index (χ3v) is 4.68. The summed E-state index contributed by atoms with van der Waals surface area (Å²) in [7, 11) is 1.51. The lowest BCUT2D eigenvalue weighted by molar-refractivity contribution is -0.159. The second kappa shape index (κ2) is 8.18. The molecule has 0 aliphatic heterocycles. The van der Waals surface area contributed by atoms with Crippen LogP contribution in [0.25, 0.3) is 16.6 Å². The fraction of sp³-hybridized carbons (Fsp3) is 0.348. The number of para-hydroxylation sites is 1. The van der Waals surface area contributed by atoms with E-state index in [9.17, 15) is 14.4 Å². The predicted octanol–water partition coefficient (Wildman–Crippen LogP) is 3.45. The normalized spacial score (nSPS) is 12.6. The fourth-order valence-electron chi connectivity index (χ4n) is 3.39. The van der Waals surface area contributed by atoms with Crippen molar-refractivity contribution in [3.05, 3.63) is 69.4 Å². The number of hydrogen-bond acceptors (Lipinski definition) is 5. The lowest BCUT2D eigenvalue weighted by Crippen LogP contribution is -2.43. The minimum Gasteiger partial charge on any atom is -0.497 e. The maximum atomic E-state index is 13.6. The molecule has 0 aliphatic carbocycles. The largest absolute Gasteiger partial charge is 0.497 e. The Morgan fingerprint density at radius 1 is 1.07 bits per heavy atom. The maximum absolute atomic E-state index is 13.6. The van der Waals surface area contributed by atoms with E-state index >= 15 is 0 Å². The second-order valence-electron chi connectivity index (χ2n) is 7.97. The van der Waals surface area contributed by atoms with Crippen LogP contribution in [0.3, 0.4) is 0 Å². The number of hydrogen-bond donors (Lipinski definition) is 0. The standard InChI is InChI=1S/C23H26N2O5/c1-6-18(21(27)30-23(2,3)4)25-19-13-8-7-12-17(19)20(26)24(22(25)28)15-10-9-11-16(14-15)29-5/h7-14,18H,6H2,1-5H3. The van der Waals surface area contributed by atoms with E-state index < -0.39 is 28.9 Å². The number of ether oxygens (including phenoxy) is 2. The zero-order chi connectivity index (χ0) is 22.1. The molecule has 1 aromatic heterocycles. The molecular weight excluding hydrogens is 384 g/mol. The Balaban J connectivity index is 2.35. The van der Waals surface area contributed by atoms with Gasteiger partial charge in [0.15, 0.2) is 0 Å². The molecule has 0 spiro atoms. The van der Waals surface area contributed by atoms with Crippen molar-refractivity contribution in [2.75, 3.05) is 7.11 Å². The summed E-state index contributed by atoms with van der Waals surface area (Å²) < 4.78 is 13.2. The van der Waals surface area contributed by atoms with Crippen molar-refractivity contribution in [2.24, 2.45) is 0 Å². The first-order chi connectivity index (χ1) is 14.2. The molecule has 2 aromatic carbocycles. The lowest BCUT2D eigenvalue weighted by atomic mass is 10.1. The van der Waals surface area contributed by atoms with Crippen LogP contribution in [0.2, 0.25) is 0 Å². The molecule has 0 fully saturated rings. The summed E-state index contributed by atoms with van der Waals surface area (Å²) in [6, 6.07) is 12.6. The third-order valence-electron chi connectivity index (χ3n) is 4.68. The number of benzene rings is 2. The molecule has 1 unspecified atom stereocenters. The molecule has 7 nitrogen and oxygen atoms in total. The first-order valence-corrected chi connectivity index (χ1v) is 9.81. The van der Waals surface area contributed by atoms with Crippen LogP contribution in [0.4, 0.5) is 0 Å². The molecule has 0 aliphatic rings. The summed E-state index contributed by atoms with van der Waals surface area (Å²) in [6.45, 7) is 7.12. The SMILES string of the molecule is CCC(C(=O)OC(C)(C)C)n1c(=O)n(-c2cccc(OC)c2)c(=O)c2ccccc21. The van der Waals surface area contributed by atoms with E-state index in [1.54, 1.807) is 76.2 Å². The number of carbonyl (C=O) groups excluding carboxylic acids is 1. The molecule has 0 amide bonds. The van der Waals surface area contributed by atoms with E-state index in [-0.39, 0.29) is 0 Å². The molecule has 0 N–H and O–H groups in total. The summed E-state index contributed by atoms with van der Waals surface area (Å²) in [6.07, 6.45) is 0.329. The van der Waals surface area contributed by atoms with Crippen molar-refractivity contribution in [3.8, 4) is 11.4 Å². The molecule has 3 rings (SSSR count). The summed E-state index contributed by atoms with van der Waals surface area (Å²) in [5.74, 6) is -0.00853. The molecule has 158 valence electrons. The summed E-state index contributed by atoms with van der Waals surface area (Å²) in [5, 5.41) is 0.335. The van der Waals surface area contributed by atoms with Crippen molar-refractivity contribution in [1.82, 2.24) is 9.13 Å². The Labute approximate surface area is 174 Å². The van der Waals surface area contributed by atoms with Gasteiger partial charge in [-0.15, -0.1) is 0 Å². The monoisotopic (exact) mass is 410 g/mol. The van der Waals surface area contributed by atoms with Gasteiger partial charge in [0.25, 0.3) is 5.56 Å². The highest BCUT2D eigenvalue weighted by atomic mass is 16.6. The molecule has 0 saturated heterocycles. The van der Waals surface area contributed by atoms with Crippen molar-refractivity contribution < 1.29 is 14.3 Å². The van der Waals surface area contributed by atoms with Crippen LogP contribution in [0.1, 0.15) is 40.2 Å². The molecule has 1 heterocycles. The van der Waals surface area contributed by atoms with E-state index in [2.05, 4.69) is 0 Å². The fourth-order valence-corrected chi connectivity index (χ4v) is 3.39. The molecule has 1 atom stereocenters. The van der Waals surface area contributed by atoms with E-state index in [1.165, 1.54) is 11.7 Å². The highest BCUT2D eigenvalue weighted by Crippen LogP contribution is 2.22. The van der Waals surface area contributed by atoms with Crippen LogP contribution in [-0.2, 0) is 9.53 Å². The van der Waals surface area contributed by atoms with Gasteiger partial charge in [-0.3, -0.25) is 9.36 Å². The van der Waals surface area contributed by atoms with Gasteiger partial charge in [-0.05, 0) is 51.5 Å². The summed E-state index contributed by atoms with van der Waals surface area (Å²) >= 11 is 0. The van der Waals surface area contributed by atoms with Gasteiger partial charge in [0, 0.05) is 6.07 Å². The van der Waals surface area contributed by atoms with Crippen molar-refractivity contribution in [3.63, 3.8) is 0 Å². The summed E-state index contributed by atoms with van der Waals surface area (Å²) in [4.78, 5) is 39.7. The highest BCUT2D eigenvalue weighted by molar-refractivity contribution is 5.82. The molecule has 30 heavy (non-hydrogen) atoms. The van der Waals surface area contributed by atoms with Crippen molar-refractivity contribution in [1.29, 1.82) is 0 Å². The number of carbonyl (C=O) groups is 1. The van der Waals surface area contributed by atoms with Crippen LogP contribution in [0.15, 0.2) is 58.1 Å². The third kappa shape index (κ3) is 4.01. The van der Waals surface area contributed by atoms with Gasteiger partial charge in [-0.25, -0.2) is 14.2 Å². The Morgan fingerprint density at radius 2 is 1.77 bits per heavy atom. The smallest absolute Gasteiger partial charge is 0.336 e. The van der Waals surface area contributed by atoms with E-state index in [0.717, 1.165) is 4.57 Å². The number of esters is 1. The van der Waals surface area contributed by atoms with Gasteiger partial charge >= 0.3 is 11.7 Å². The Bertz CT molecular complexity index is 1200. The Morgan fingerprint density at radius 3 is 2.40 bits per heavy atom. The zero-order valence-electron chi connectivity index (χ0n) is 17.8. The number of methoxy groups -OCH3 is 1. The average molecular weight is 410 g/mol. The van der Waals surface area contributed by atoms with Crippen molar-refractivity contribution in [2.45, 2.75) is 45.8 Å². The van der Waals surface area contributed by atoms with E-state index in [4.69, 9.17) is 9.47 Å². The quantitative estimate of drug-likeness (QED) is 0.602. The van der Waals surface area contributed by atoms with Crippen LogP contribution in [0.5, 0.6) is 5.75 Å². The second-order valence-corrected chi connectivity index (χ2v) is 7.97. The molecule has 0 radical (unpaired) electrons. The predicted molar refractivity (Wildman–Crippen MR) is 116 cm³/mol. The number of rotatable bonds is 5. The average Bonchev–Trinajstić information content (AvgIpc) is 2.70. The molecule has 0 bridgehead atoms. The number of aromatic nitrogens is 2. The minimum atomic E-state index is -0.876. The van der Waals surface area contributed by atoms with E-state index in [1.807, 2.05) is 0 Å². The van der Waals surface area contributed by atoms with Gasteiger partial charge in [0.2, 0.25) is 0 Å². The van der Waals surface area contributed by atoms with Crippen LogP contribution in [0, 0.1) is 0 Å². The van der Waals surface area contributed by atoms with Gasteiger partial charge in [0.05, 0.1) is 23.7 Å². The Hall–Kier alpha value is -3.35. The van der Waals surface area contributed by atoms with Gasteiger partial charge in [-0.2, -0.15) is 0 Å². The number of nitrogens with zero attached hydrogens (tertiary/aromatic N) is 2. The first-order valence-electron chi connectivity index (χ1n) is 9.81.